The van der Waals surface area contributed by atoms with E-state index in [2.05, 4.69) is 22.4 Å². The topological polar surface area (TPSA) is 45.2 Å². The van der Waals surface area contributed by atoms with Gasteiger partial charge in [-0.3, -0.25) is 9.78 Å². The van der Waals surface area contributed by atoms with Crippen molar-refractivity contribution in [2.45, 2.75) is 25.7 Å². The van der Waals surface area contributed by atoms with Gasteiger partial charge in [-0.05, 0) is 38.9 Å². The molecule has 0 bridgehead atoms. The van der Waals surface area contributed by atoms with Crippen molar-refractivity contribution in [1.82, 2.24) is 15.2 Å². The van der Waals surface area contributed by atoms with Crippen LogP contribution in [0, 0.1) is 6.92 Å². The maximum absolute atomic E-state index is 11.7. The van der Waals surface area contributed by atoms with E-state index in [1.165, 1.54) is 5.69 Å². The second-order valence-electron chi connectivity index (χ2n) is 4.89. The Balaban J connectivity index is 1.92. The van der Waals surface area contributed by atoms with Crippen LogP contribution in [0.4, 0.5) is 0 Å². The fourth-order valence-corrected chi connectivity index (χ4v) is 2.48. The van der Waals surface area contributed by atoms with E-state index in [9.17, 15) is 4.79 Å². The fourth-order valence-electron chi connectivity index (χ4n) is 2.48. The molecule has 1 aromatic heterocycles. The number of piperidine rings is 1. The molecule has 98 valence electrons. The molecule has 1 fully saturated rings. The highest BCUT2D eigenvalue weighted by Gasteiger charge is 2.23. The number of aromatic nitrogens is 1. The van der Waals surface area contributed by atoms with E-state index in [4.69, 9.17) is 0 Å². The van der Waals surface area contributed by atoms with Crippen LogP contribution in [0.5, 0.6) is 0 Å². The summed E-state index contributed by atoms with van der Waals surface area (Å²) in [6.07, 6.45) is 2.04. The van der Waals surface area contributed by atoms with E-state index < -0.39 is 0 Å². The number of carbonyl (C=O) groups excluding carboxylic acids is 1. The Morgan fingerprint density at radius 3 is 2.78 bits per heavy atom. The number of pyridine rings is 1. The van der Waals surface area contributed by atoms with Gasteiger partial charge in [-0.2, -0.15) is 0 Å². The predicted molar refractivity (Wildman–Crippen MR) is 71.5 cm³/mol. The maximum atomic E-state index is 11.7. The van der Waals surface area contributed by atoms with Crippen molar-refractivity contribution in [3.63, 3.8) is 0 Å². The third-order valence-corrected chi connectivity index (χ3v) is 3.50. The van der Waals surface area contributed by atoms with Crippen LogP contribution < -0.4 is 5.32 Å². The van der Waals surface area contributed by atoms with E-state index >= 15 is 0 Å². The van der Waals surface area contributed by atoms with Gasteiger partial charge >= 0.3 is 0 Å². The summed E-state index contributed by atoms with van der Waals surface area (Å²) in [5.41, 5.74) is 2.25. The molecular formula is C14H21N3O. The van der Waals surface area contributed by atoms with Crippen LogP contribution in [-0.2, 0) is 4.79 Å². The first kappa shape index (κ1) is 13.0. The van der Waals surface area contributed by atoms with Crippen LogP contribution in [-0.4, -0.2) is 42.5 Å². The fraction of sp³-hybridized carbons (Fsp3) is 0.571. The number of aryl methyl sites for hydroxylation is 1. The first-order valence-corrected chi connectivity index (χ1v) is 6.56. The van der Waals surface area contributed by atoms with E-state index in [0.29, 0.717) is 12.5 Å². The van der Waals surface area contributed by atoms with E-state index in [1.54, 1.807) is 7.05 Å². The zero-order chi connectivity index (χ0) is 13.0. The van der Waals surface area contributed by atoms with Gasteiger partial charge in [0.2, 0.25) is 5.91 Å². The van der Waals surface area contributed by atoms with Crippen molar-refractivity contribution in [3.05, 3.63) is 29.6 Å². The van der Waals surface area contributed by atoms with E-state index in [1.807, 2.05) is 17.9 Å². The van der Waals surface area contributed by atoms with Crippen LogP contribution in [0.25, 0.3) is 0 Å². The molecule has 0 aromatic carbocycles. The Labute approximate surface area is 108 Å². The summed E-state index contributed by atoms with van der Waals surface area (Å²) in [6.45, 7) is 4.16. The van der Waals surface area contributed by atoms with Crippen LogP contribution >= 0.6 is 0 Å². The van der Waals surface area contributed by atoms with Gasteiger partial charge in [0.1, 0.15) is 0 Å². The Morgan fingerprint density at radius 1 is 1.44 bits per heavy atom. The van der Waals surface area contributed by atoms with Gasteiger partial charge in [-0.1, -0.05) is 6.07 Å². The summed E-state index contributed by atoms with van der Waals surface area (Å²) in [4.78, 5) is 18.3. The molecule has 1 amide bonds. The van der Waals surface area contributed by atoms with Gasteiger partial charge in [-0.15, -0.1) is 0 Å². The minimum Gasteiger partial charge on any atom is -0.342 e. The zero-order valence-electron chi connectivity index (χ0n) is 11.1. The quantitative estimate of drug-likeness (QED) is 0.876. The molecule has 4 heteroatoms. The zero-order valence-corrected chi connectivity index (χ0v) is 11.1. The van der Waals surface area contributed by atoms with Crippen molar-refractivity contribution >= 4 is 5.91 Å². The van der Waals surface area contributed by atoms with Gasteiger partial charge < -0.3 is 10.2 Å². The van der Waals surface area contributed by atoms with Gasteiger partial charge in [0.05, 0.1) is 6.54 Å². The summed E-state index contributed by atoms with van der Waals surface area (Å²) < 4.78 is 0. The molecule has 0 aliphatic carbocycles. The standard InChI is InChI=1S/C14H21N3O/c1-11-4-3-5-13(16-11)12-6-8-17(9-7-12)14(18)10-15-2/h3-5,12,15H,6-10H2,1-2H3. The Bertz CT molecular complexity index is 411. The molecule has 2 heterocycles. The number of hydrogen-bond donors (Lipinski definition) is 1. The number of rotatable bonds is 3. The van der Waals surface area contributed by atoms with Crippen LogP contribution in [0.3, 0.4) is 0 Å². The lowest BCUT2D eigenvalue weighted by molar-refractivity contribution is -0.131. The molecule has 0 unspecified atom stereocenters. The number of carbonyl (C=O) groups is 1. The highest BCUT2D eigenvalue weighted by molar-refractivity contribution is 5.78. The normalized spacial score (nSPS) is 16.9. The number of likely N-dealkylation sites (N-methyl/N-ethyl adjacent to an activating group) is 1. The molecule has 1 aromatic rings. The molecule has 18 heavy (non-hydrogen) atoms. The SMILES string of the molecule is CNCC(=O)N1CCC(c2cccc(C)n2)CC1. The number of amides is 1. The summed E-state index contributed by atoms with van der Waals surface area (Å²) in [5, 5.41) is 2.91. The van der Waals surface area contributed by atoms with E-state index in [0.717, 1.165) is 31.6 Å². The predicted octanol–water partition coefficient (Wildman–Crippen LogP) is 1.32. The van der Waals surface area contributed by atoms with E-state index in [-0.39, 0.29) is 5.91 Å². The van der Waals surface area contributed by atoms with Crippen LogP contribution in [0.15, 0.2) is 18.2 Å². The molecule has 0 spiro atoms. The molecule has 1 aliphatic heterocycles. The molecule has 1 aliphatic rings. The van der Waals surface area contributed by atoms with Crippen molar-refractivity contribution in [2.75, 3.05) is 26.7 Å². The smallest absolute Gasteiger partial charge is 0.236 e. The second kappa shape index (κ2) is 5.96. The van der Waals surface area contributed by atoms with Crippen molar-refractivity contribution in [3.8, 4) is 0 Å². The second-order valence-corrected chi connectivity index (χ2v) is 4.89. The first-order chi connectivity index (χ1) is 8.70. The monoisotopic (exact) mass is 247 g/mol. The molecule has 0 atom stereocenters. The van der Waals surface area contributed by atoms with Crippen LogP contribution in [0.1, 0.15) is 30.1 Å². The molecule has 2 rings (SSSR count). The minimum atomic E-state index is 0.202. The Hall–Kier alpha value is -1.42. The van der Waals surface area contributed by atoms with Gasteiger partial charge in [0.25, 0.3) is 0 Å². The third kappa shape index (κ3) is 3.07. The average molecular weight is 247 g/mol. The third-order valence-electron chi connectivity index (χ3n) is 3.50. The summed E-state index contributed by atoms with van der Waals surface area (Å²) in [6, 6.07) is 6.19. The first-order valence-electron chi connectivity index (χ1n) is 6.56. The highest BCUT2D eigenvalue weighted by Crippen LogP contribution is 2.26. The Kier molecular flexibility index (Phi) is 4.31. The molecule has 1 saturated heterocycles. The molecular weight excluding hydrogens is 226 g/mol. The summed E-state index contributed by atoms with van der Waals surface area (Å²) in [5.74, 6) is 0.705. The highest BCUT2D eigenvalue weighted by atomic mass is 16.2. The number of likely N-dealkylation sites (tertiary alicyclic amines) is 1. The lowest BCUT2D eigenvalue weighted by Gasteiger charge is -2.31. The largest absolute Gasteiger partial charge is 0.342 e. The number of nitrogens with zero attached hydrogens (tertiary/aromatic N) is 2. The van der Waals surface area contributed by atoms with Gasteiger partial charge in [0, 0.05) is 30.4 Å². The lowest BCUT2D eigenvalue weighted by atomic mass is 9.93. The Morgan fingerprint density at radius 2 is 2.17 bits per heavy atom. The maximum Gasteiger partial charge on any atom is 0.236 e. The van der Waals surface area contributed by atoms with Crippen molar-refractivity contribution in [2.24, 2.45) is 0 Å². The number of nitrogens with one attached hydrogen (secondary N) is 1. The van der Waals surface area contributed by atoms with Crippen molar-refractivity contribution in [1.29, 1.82) is 0 Å². The van der Waals surface area contributed by atoms with Crippen molar-refractivity contribution < 1.29 is 4.79 Å². The molecule has 0 radical (unpaired) electrons. The average Bonchev–Trinajstić information content (AvgIpc) is 2.39. The molecule has 0 saturated carbocycles. The van der Waals surface area contributed by atoms with Gasteiger partial charge in [-0.25, -0.2) is 0 Å². The number of hydrogen-bond acceptors (Lipinski definition) is 3. The van der Waals surface area contributed by atoms with Crippen LogP contribution in [0.2, 0.25) is 0 Å². The van der Waals surface area contributed by atoms with Gasteiger partial charge in [0.15, 0.2) is 0 Å². The summed E-state index contributed by atoms with van der Waals surface area (Å²) in [7, 11) is 1.81. The molecule has 1 N–H and O–H groups in total. The summed E-state index contributed by atoms with van der Waals surface area (Å²) >= 11 is 0. The lowest BCUT2D eigenvalue weighted by Crippen LogP contribution is -2.42. The minimum absolute atomic E-state index is 0.202. The molecule has 4 nitrogen and oxygen atoms in total.